The van der Waals surface area contributed by atoms with Crippen LogP contribution in [-0.4, -0.2) is 54.3 Å². The molecule has 2 aliphatic rings. The van der Waals surface area contributed by atoms with Crippen molar-refractivity contribution in [3.8, 4) is 0 Å². The fraction of sp³-hybridized carbons (Fsp3) is 0.941. The van der Waals surface area contributed by atoms with Gasteiger partial charge in [-0.25, -0.2) is 0 Å². The van der Waals surface area contributed by atoms with Gasteiger partial charge in [-0.3, -0.25) is 9.69 Å². The molecule has 1 aliphatic carbocycles. The number of rotatable bonds is 5. The Bertz CT molecular complexity index is 308. The van der Waals surface area contributed by atoms with Gasteiger partial charge in [0.15, 0.2) is 0 Å². The first-order chi connectivity index (χ1) is 9.60. The van der Waals surface area contributed by atoms with Crippen LogP contribution in [0.1, 0.15) is 52.9 Å². The van der Waals surface area contributed by atoms with Crippen LogP contribution in [0.5, 0.6) is 0 Å². The number of hydrogen-bond acceptors (Lipinski definition) is 3. The molecule has 3 nitrogen and oxygen atoms in total. The Hall–Kier alpha value is -0.410. The van der Waals surface area contributed by atoms with Crippen molar-refractivity contribution in [3.63, 3.8) is 0 Å². The van der Waals surface area contributed by atoms with Crippen molar-refractivity contribution < 1.29 is 4.79 Å². The monoisotopic (exact) mass is 280 g/mol. The van der Waals surface area contributed by atoms with E-state index in [4.69, 9.17) is 0 Å². The van der Waals surface area contributed by atoms with Crippen molar-refractivity contribution >= 4 is 5.78 Å². The Morgan fingerprint density at radius 3 is 2.50 bits per heavy atom. The summed E-state index contributed by atoms with van der Waals surface area (Å²) in [5.41, 5.74) is 0. The molecule has 0 amide bonds. The molecule has 0 aromatic carbocycles. The first kappa shape index (κ1) is 16.0. The average molecular weight is 280 g/mol. The zero-order valence-corrected chi connectivity index (χ0v) is 13.6. The van der Waals surface area contributed by atoms with E-state index in [2.05, 4.69) is 30.6 Å². The highest BCUT2D eigenvalue weighted by atomic mass is 16.1. The van der Waals surface area contributed by atoms with Gasteiger partial charge < -0.3 is 4.90 Å². The zero-order chi connectivity index (χ0) is 14.5. The molecule has 116 valence electrons. The predicted octanol–water partition coefficient (Wildman–Crippen LogP) is 2.80. The van der Waals surface area contributed by atoms with E-state index in [-0.39, 0.29) is 0 Å². The van der Waals surface area contributed by atoms with E-state index in [0.717, 1.165) is 57.9 Å². The molecular formula is C17H32N2O. The molecule has 1 heterocycles. The van der Waals surface area contributed by atoms with Crippen LogP contribution < -0.4 is 0 Å². The second-order valence-corrected chi connectivity index (χ2v) is 7.02. The van der Waals surface area contributed by atoms with Crippen molar-refractivity contribution in [2.45, 2.75) is 58.9 Å². The van der Waals surface area contributed by atoms with Crippen LogP contribution in [0.25, 0.3) is 0 Å². The van der Waals surface area contributed by atoms with Crippen LogP contribution in [0, 0.1) is 11.8 Å². The Balaban J connectivity index is 1.79. The number of nitrogens with zero attached hydrogens (tertiary/aromatic N) is 2. The highest BCUT2D eigenvalue weighted by Crippen LogP contribution is 2.30. The summed E-state index contributed by atoms with van der Waals surface area (Å²) in [6, 6.07) is 0.655. The summed E-state index contributed by atoms with van der Waals surface area (Å²) in [5.74, 6) is 1.66. The van der Waals surface area contributed by atoms with Crippen LogP contribution in [0.15, 0.2) is 0 Å². The average Bonchev–Trinajstić information content (AvgIpc) is 2.43. The van der Waals surface area contributed by atoms with Gasteiger partial charge in [0.2, 0.25) is 0 Å². The van der Waals surface area contributed by atoms with Crippen molar-refractivity contribution in [1.82, 2.24) is 9.80 Å². The highest BCUT2D eigenvalue weighted by molar-refractivity contribution is 5.81. The molecule has 2 atom stereocenters. The van der Waals surface area contributed by atoms with Gasteiger partial charge >= 0.3 is 0 Å². The van der Waals surface area contributed by atoms with Crippen molar-refractivity contribution in [3.05, 3.63) is 0 Å². The summed E-state index contributed by atoms with van der Waals surface area (Å²) < 4.78 is 0. The Kier molecular flexibility index (Phi) is 6.03. The second kappa shape index (κ2) is 7.56. The van der Waals surface area contributed by atoms with Crippen LogP contribution in [0.4, 0.5) is 0 Å². The van der Waals surface area contributed by atoms with Crippen molar-refractivity contribution in [2.75, 3.05) is 32.7 Å². The van der Waals surface area contributed by atoms with Gasteiger partial charge in [-0.15, -0.1) is 0 Å². The smallest absolute Gasteiger partial charge is 0.137 e. The lowest BCUT2D eigenvalue weighted by molar-refractivity contribution is -0.126. The lowest BCUT2D eigenvalue weighted by Crippen LogP contribution is -2.50. The van der Waals surface area contributed by atoms with Gasteiger partial charge in [0.1, 0.15) is 5.78 Å². The molecule has 0 bridgehead atoms. The third-order valence-electron chi connectivity index (χ3n) is 5.18. The number of ketones is 1. The summed E-state index contributed by atoms with van der Waals surface area (Å²) in [7, 11) is 0. The lowest BCUT2D eigenvalue weighted by Gasteiger charge is -2.39. The molecule has 1 saturated carbocycles. The standard InChI is InChI=1S/C17H32N2O/c1-4-5-15-6-7-17(20)16(12-15)13-18-8-10-19(11-9-18)14(2)3/h14-16H,4-13H2,1-3H3. The summed E-state index contributed by atoms with van der Waals surface area (Å²) in [4.78, 5) is 17.2. The number of piperazine rings is 1. The highest BCUT2D eigenvalue weighted by Gasteiger charge is 2.30. The first-order valence-corrected chi connectivity index (χ1v) is 8.59. The fourth-order valence-electron chi connectivity index (χ4n) is 3.82. The molecule has 0 aromatic heterocycles. The van der Waals surface area contributed by atoms with Crippen molar-refractivity contribution in [2.24, 2.45) is 11.8 Å². The Labute approximate surface area is 124 Å². The minimum absolute atomic E-state index is 0.325. The normalized spacial score (nSPS) is 30.1. The number of carbonyl (C=O) groups is 1. The molecule has 2 fully saturated rings. The minimum atomic E-state index is 0.325. The summed E-state index contributed by atoms with van der Waals surface area (Å²) in [6.07, 6.45) is 5.70. The van der Waals surface area contributed by atoms with Gasteiger partial charge in [-0.05, 0) is 32.6 Å². The van der Waals surface area contributed by atoms with Gasteiger partial charge in [0.25, 0.3) is 0 Å². The maximum absolute atomic E-state index is 12.2. The third kappa shape index (κ3) is 4.29. The SMILES string of the molecule is CCCC1CCC(=O)C(CN2CCN(C(C)C)CC2)C1. The maximum atomic E-state index is 12.2. The zero-order valence-electron chi connectivity index (χ0n) is 13.6. The quantitative estimate of drug-likeness (QED) is 0.773. The van der Waals surface area contributed by atoms with E-state index in [1.807, 2.05) is 0 Å². The van der Waals surface area contributed by atoms with E-state index in [1.54, 1.807) is 0 Å². The minimum Gasteiger partial charge on any atom is -0.300 e. The second-order valence-electron chi connectivity index (χ2n) is 7.02. The molecule has 20 heavy (non-hydrogen) atoms. The first-order valence-electron chi connectivity index (χ1n) is 8.59. The topological polar surface area (TPSA) is 23.6 Å². The van der Waals surface area contributed by atoms with Gasteiger partial charge in [-0.1, -0.05) is 19.8 Å². The van der Waals surface area contributed by atoms with E-state index < -0.39 is 0 Å². The molecule has 3 heteroatoms. The van der Waals surface area contributed by atoms with E-state index >= 15 is 0 Å². The molecule has 0 N–H and O–H groups in total. The lowest BCUT2D eigenvalue weighted by atomic mass is 9.78. The van der Waals surface area contributed by atoms with Gasteiger partial charge in [-0.2, -0.15) is 0 Å². The summed E-state index contributed by atoms with van der Waals surface area (Å²) in [5, 5.41) is 0. The Morgan fingerprint density at radius 2 is 1.90 bits per heavy atom. The maximum Gasteiger partial charge on any atom is 0.137 e. The molecule has 1 saturated heterocycles. The number of carbonyl (C=O) groups excluding carboxylic acids is 1. The molecule has 0 aromatic rings. The largest absolute Gasteiger partial charge is 0.300 e. The van der Waals surface area contributed by atoms with Crippen LogP contribution >= 0.6 is 0 Å². The van der Waals surface area contributed by atoms with E-state index in [9.17, 15) is 4.79 Å². The Morgan fingerprint density at radius 1 is 1.20 bits per heavy atom. The molecule has 0 spiro atoms. The summed E-state index contributed by atoms with van der Waals surface area (Å²) in [6.45, 7) is 12.4. The van der Waals surface area contributed by atoms with Gasteiger partial charge in [0, 0.05) is 51.1 Å². The fourth-order valence-corrected chi connectivity index (χ4v) is 3.82. The molecule has 2 unspecified atom stereocenters. The van der Waals surface area contributed by atoms with Crippen LogP contribution in [-0.2, 0) is 4.79 Å². The third-order valence-corrected chi connectivity index (χ3v) is 5.18. The number of Topliss-reactive ketones (excluding diaryl/α,β-unsaturated/α-hetero) is 1. The molecular weight excluding hydrogens is 248 g/mol. The molecule has 2 rings (SSSR count). The van der Waals surface area contributed by atoms with Crippen LogP contribution in [0.2, 0.25) is 0 Å². The number of hydrogen-bond donors (Lipinski definition) is 0. The predicted molar refractivity (Wildman–Crippen MR) is 83.9 cm³/mol. The van der Waals surface area contributed by atoms with Crippen LogP contribution in [0.3, 0.4) is 0 Å². The summed E-state index contributed by atoms with van der Waals surface area (Å²) >= 11 is 0. The van der Waals surface area contributed by atoms with E-state index in [1.165, 1.54) is 12.8 Å². The molecule has 1 aliphatic heterocycles. The van der Waals surface area contributed by atoms with Gasteiger partial charge in [0.05, 0.1) is 0 Å². The molecule has 0 radical (unpaired) electrons. The van der Waals surface area contributed by atoms with Crippen molar-refractivity contribution in [1.29, 1.82) is 0 Å². The van der Waals surface area contributed by atoms with E-state index in [0.29, 0.717) is 17.7 Å².